The van der Waals surface area contributed by atoms with Crippen LogP contribution in [0, 0.1) is 5.92 Å². The summed E-state index contributed by atoms with van der Waals surface area (Å²) in [6.45, 7) is 6.84. The SMILES string of the molecule is CC(C)CC1NC(=O)C2(CCN(Cc3cnc(-c4ccccc4)[nH]3)CC2)N(Cc2ccccc2)C1=O. The molecule has 7 nitrogen and oxygen atoms in total. The fourth-order valence-electron chi connectivity index (χ4n) is 5.50. The fraction of sp³-hybridized carbons (Fsp3) is 0.414. The molecule has 1 aromatic heterocycles. The standard InChI is InChI=1S/C29H35N5O2/c1-21(2)17-25-27(35)34(19-22-9-5-3-6-10-22)29(28(36)32-25)13-15-33(16-14-29)20-24-18-30-26(31-24)23-11-7-4-8-12-23/h3-12,18,21,25H,13-17,19-20H2,1-2H3,(H,30,31)(H,32,36). The van der Waals surface area contributed by atoms with Gasteiger partial charge in [-0.3, -0.25) is 14.5 Å². The van der Waals surface area contributed by atoms with Crippen LogP contribution in [0.4, 0.5) is 0 Å². The molecule has 7 heteroatoms. The topological polar surface area (TPSA) is 81.3 Å². The number of nitrogens with zero attached hydrogens (tertiary/aromatic N) is 3. The van der Waals surface area contributed by atoms with Crippen molar-refractivity contribution in [1.82, 2.24) is 25.1 Å². The zero-order chi connectivity index (χ0) is 25.1. The molecule has 0 aliphatic carbocycles. The number of H-pyrrole nitrogens is 1. The Hall–Kier alpha value is -3.45. The molecule has 0 bridgehead atoms. The van der Waals surface area contributed by atoms with Crippen molar-refractivity contribution >= 4 is 11.8 Å². The Morgan fingerprint density at radius 2 is 1.64 bits per heavy atom. The zero-order valence-corrected chi connectivity index (χ0v) is 21.1. The van der Waals surface area contributed by atoms with Gasteiger partial charge in [0.2, 0.25) is 11.8 Å². The summed E-state index contributed by atoms with van der Waals surface area (Å²) in [5.74, 6) is 1.23. The Labute approximate surface area is 212 Å². The number of hydrogen-bond donors (Lipinski definition) is 2. The molecule has 2 N–H and O–H groups in total. The number of piperidine rings is 1. The second-order valence-electron chi connectivity index (χ2n) is 10.5. The minimum Gasteiger partial charge on any atom is -0.342 e. The smallest absolute Gasteiger partial charge is 0.246 e. The lowest BCUT2D eigenvalue weighted by atomic mass is 9.80. The number of hydrogen-bond acceptors (Lipinski definition) is 4. The lowest BCUT2D eigenvalue weighted by Gasteiger charge is -2.51. The van der Waals surface area contributed by atoms with Crippen molar-refractivity contribution in [2.75, 3.05) is 13.1 Å². The van der Waals surface area contributed by atoms with Crippen LogP contribution in [0.2, 0.25) is 0 Å². The van der Waals surface area contributed by atoms with Crippen LogP contribution in [0.25, 0.3) is 11.4 Å². The van der Waals surface area contributed by atoms with Gasteiger partial charge in [-0.25, -0.2) is 4.98 Å². The first kappa shape index (κ1) is 24.3. The van der Waals surface area contributed by atoms with Gasteiger partial charge >= 0.3 is 0 Å². The van der Waals surface area contributed by atoms with Crippen LogP contribution < -0.4 is 5.32 Å². The van der Waals surface area contributed by atoms with Crippen LogP contribution in [-0.2, 0) is 22.7 Å². The van der Waals surface area contributed by atoms with E-state index in [1.807, 2.05) is 71.8 Å². The van der Waals surface area contributed by atoms with Crippen molar-refractivity contribution in [3.8, 4) is 11.4 Å². The van der Waals surface area contributed by atoms with E-state index in [9.17, 15) is 9.59 Å². The highest BCUT2D eigenvalue weighted by atomic mass is 16.2. The van der Waals surface area contributed by atoms with E-state index in [1.54, 1.807) is 0 Å². The maximum Gasteiger partial charge on any atom is 0.246 e. The number of likely N-dealkylation sites (tertiary alicyclic amines) is 1. The number of carbonyl (C=O) groups is 2. The zero-order valence-electron chi connectivity index (χ0n) is 21.1. The molecule has 2 aromatic carbocycles. The molecule has 2 saturated heterocycles. The number of amides is 2. The number of piperazine rings is 1. The van der Waals surface area contributed by atoms with E-state index in [2.05, 4.69) is 34.0 Å². The third-order valence-electron chi connectivity index (χ3n) is 7.45. The Bertz CT molecular complexity index is 1180. The summed E-state index contributed by atoms with van der Waals surface area (Å²) in [4.78, 5) is 39.5. The first-order valence-electron chi connectivity index (χ1n) is 12.9. The minimum absolute atomic E-state index is 0.00349. The molecule has 3 heterocycles. The van der Waals surface area contributed by atoms with Crippen LogP contribution in [0.1, 0.15) is 44.4 Å². The van der Waals surface area contributed by atoms with Gasteiger partial charge in [0.1, 0.15) is 17.4 Å². The summed E-state index contributed by atoms with van der Waals surface area (Å²) < 4.78 is 0. The van der Waals surface area contributed by atoms with Crippen LogP contribution in [0.3, 0.4) is 0 Å². The summed E-state index contributed by atoms with van der Waals surface area (Å²) in [6, 6.07) is 19.6. The summed E-state index contributed by atoms with van der Waals surface area (Å²) >= 11 is 0. The molecule has 2 fully saturated rings. The predicted molar refractivity (Wildman–Crippen MR) is 140 cm³/mol. The maximum absolute atomic E-state index is 13.7. The molecular formula is C29H35N5O2. The second kappa shape index (κ2) is 10.3. The predicted octanol–water partition coefficient (Wildman–Crippen LogP) is 3.98. The lowest BCUT2D eigenvalue weighted by molar-refractivity contribution is -0.162. The van der Waals surface area contributed by atoms with Crippen molar-refractivity contribution in [3.05, 3.63) is 78.1 Å². The van der Waals surface area contributed by atoms with Gasteiger partial charge in [0.15, 0.2) is 0 Å². The van der Waals surface area contributed by atoms with Gasteiger partial charge in [0, 0.05) is 43.6 Å². The number of benzene rings is 2. The van der Waals surface area contributed by atoms with E-state index >= 15 is 0 Å². The van der Waals surface area contributed by atoms with E-state index in [0.717, 1.165) is 42.3 Å². The summed E-state index contributed by atoms with van der Waals surface area (Å²) in [6.07, 6.45) is 3.78. The highest BCUT2D eigenvalue weighted by molar-refractivity contribution is 6.00. The van der Waals surface area contributed by atoms with Gasteiger partial charge in [-0.2, -0.15) is 0 Å². The van der Waals surface area contributed by atoms with Crippen molar-refractivity contribution in [2.45, 2.75) is 57.8 Å². The average molecular weight is 486 g/mol. The number of nitrogens with one attached hydrogen (secondary N) is 2. The van der Waals surface area contributed by atoms with Crippen LogP contribution >= 0.6 is 0 Å². The third-order valence-corrected chi connectivity index (χ3v) is 7.45. The molecule has 36 heavy (non-hydrogen) atoms. The Morgan fingerprint density at radius 3 is 2.31 bits per heavy atom. The number of imidazole rings is 1. The van der Waals surface area contributed by atoms with Crippen LogP contribution in [0.5, 0.6) is 0 Å². The van der Waals surface area contributed by atoms with Gasteiger partial charge in [-0.1, -0.05) is 74.5 Å². The van der Waals surface area contributed by atoms with Crippen molar-refractivity contribution < 1.29 is 9.59 Å². The van der Waals surface area contributed by atoms with E-state index < -0.39 is 11.6 Å². The van der Waals surface area contributed by atoms with E-state index in [-0.39, 0.29) is 11.8 Å². The largest absolute Gasteiger partial charge is 0.342 e. The molecule has 5 rings (SSSR count). The lowest BCUT2D eigenvalue weighted by Crippen LogP contribution is -2.72. The molecule has 2 amide bonds. The van der Waals surface area contributed by atoms with Crippen molar-refractivity contribution in [2.24, 2.45) is 5.92 Å². The van der Waals surface area contributed by atoms with Crippen LogP contribution in [-0.4, -0.2) is 56.3 Å². The first-order valence-corrected chi connectivity index (χ1v) is 12.9. The Balaban J connectivity index is 1.31. The van der Waals surface area contributed by atoms with Crippen LogP contribution in [0.15, 0.2) is 66.9 Å². The molecule has 1 spiro atoms. The average Bonchev–Trinajstić information content (AvgIpc) is 3.36. The molecule has 1 unspecified atom stereocenters. The van der Waals surface area contributed by atoms with Crippen molar-refractivity contribution in [3.63, 3.8) is 0 Å². The molecule has 1 atom stereocenters. The number of rotatable bonds is 7. The molecule has 2 aliphatic rings. The second-order valence-corrected chi connectivity index (χ2v) is 10.5. The highest BCUT2D eigenvalue weighted by Crippen LogP contribution is 2.35. The first-order chi connectivity index (χ1) is 17.4. The number of aromatic amines is 1. The van der Waals surface area contributed by atoms with Gasteiger partial charge in [0.05, 0.1) is 0 Å². The monoisotopic (exact) mass is 485 g/mol. The summed E-state index contributed by atoms with van der Waals surface area (Å²) in [7, 11) is 0. The quantitative estimate of drug-likeness (QED) is 0.530. The normalized spacial score (nSPS) is 20.2. The molecule has 188 valence electrons. The Kier molecular flexibility index (Phi) is 6.92. The molecular weight excluding hydrogens is 450 g/mol. The van der Waals surface area contributed by atoms with Gasteiger partial charge in [-0.15, -0.1) is 0 Å². The fourth-order valence-corrected chi connectivity index (χ4v) is 5.50. The third kappa shape index (κ3) is 4.93. The van der Waals surface area contributed by atoms with E-state index in [0.29, 0.717) is 31.7 Å². The number of carbonyl (C=O) groups excluding carboxylic acids is 2. The van der Waals surface area contributed by atoms with Crippen molar-refractivity contribution in [1.29, 1.82) is 0 Å². The van der Waals surface area contributed by atoms with Gasteiger partial charge in [-0.05, 0) is 30.7 Å². The molecule has 3 aromatic rings. The Morgan fingerprint density at radius 1 is 0.972 bits per heavy atom. The molecule has 0 radical (unpaired) electrons. The summed E-state index contributed by atoms with van der Waals surface area (Å²) in [5.41, 5.74) is 2.36. The van der Waals surface area contributed by atoms with Gasteiger partial charge < -0.3 is 15.2 Å². The van der Waals surface area contributed by atoms with E-state index in [4.69, 9.17) is 0 Å². The summed E-state index contributed by atoms with van der Waals surface area (Å²) in [5, 5.41) is 3.09. The van der Waals surface area contributed by atoms with Gasteiger partial charge in [0.25, 0.3) is 0 Å². The maximum atomic E-state index is 13.7. The molecule has 0 saturated carbocycles. The highest BCUT2D eigenvalue weighted by Gasteiger charge is 2.53. The number of aromatic nitrogens is 2. The van der Waals surface area contributed by atoms with E-state index in [1.165, 1.54) is 0 Å². The molecule has 2 aliphatic heterocycles. The minimum atomic E-state index is -0.805.